The van der Waals surface area contributed by atoms with E-state index in [1.807, 2.05) is 18.2 Å². The van der Waals surface area contributed by atoms with Gasteiger partial charge in [-0.15, -0.1) is 0 Å². The second-order valence-electron chi connectivity index (χ2n) is 6.07. The van der Waals surface area contributed by atoms with Crippen molar-refractivity contribution in [1.29, 1.82) is 5.26 Å². The van der Waals surface area contributed by atoms with Gasteiger partial charge in [0.05, 0.1) is 11.3 Å². The van der Waals surface area contributed by atoms with E-state index in [-0.39, 0.29) is 5.57 Å². The molecule has 1 N–H and O–H groups in total. The summed E-state index contributed by atoms with van der Waals surface area (Å²) < 4.78 is 6.19. The summed E-state index contributed by atoms with van der Waals surface area (Å²) in [6, 6.07) is 22.1. The number of carbonyl (C=O) groups excluding carboxylic acids is 2. The van der Waals surface area contributed by atoms with Crippen LogP contribution in [-0.2, 0) is 4.79 Å². The molecule has 1 amide bonds. The topological polar surface area (TPSA) is 79.2 Å². The van der Waals surface area contributed by atoms with Crippen molar-refractivity contribution in [3.8, 4) is 11.8 Å². The van der Waals surface area contributed by atoms with Crippen LogP contribution in [0.4, 0.5) is 5.69 Å². The summed E-state index contributed by atoms with van der Waals surface area (Å²) >= 11 is 7.92. The van der Waals surface area contributed by atoms with Gasteiger partial charge < -0.3 is 10.1 Å². The van der Waals surface area contributed by atoms with Gasteiger partial charge in [0.25, 0.3) is 5.91 Å². The molecule has 3 rings (SSSR count). The maximum atomic E-state index is 12.4. The van der Waals surface area contributed by atoms with Crippen LogP contribution < -0.4 is 10.1 Å². The van der Waals surface area contributed by atoms with Crippen molar-refractivity contribution in [2.24, 2.45) is 0 Å². The van der Waals surface area contributed by atoms with Crippen LogP contribution in [-0.4, -0.2) is 11.9 Å². The largest absolute Gasteiger partial charge is 0.423 e. The van der Waals surface area contributed by atoms with Gasteiger partial charge in [0.1, 0.15) is 17.4 Å². The van der Waals surface area contributed by atoms with Crippen molar-refractivity contribution < 1.29 is 14.3 Å². The molecule has 0 aliphatic carbocycles. The molecule has 7 heteroatoms. The highest BCUT2D eigenvalue weighted by atomic mass is 127. The summed E-state index contributed by atoms with van der Waals surface area (Å²) in [5.74, 6) is -0.668. The number of ether oxygens (including phenoxy) is 1. The normalized spacial score (nSPS) is 10.8. The van der Waals surface area contributed by atoms with Crippen molar-refractivity contribution in [1.82, 2.24) is 0 Å². The minimum absolute atomic E-state index is 0.0411. The summed E-state index contributed by atoms with van der Waals surface area (Å²) in [7, 11) is 0. The summed E-state index contributed by atoms with van der Waals surface area (Å²) in [6.07, 6.45) is 1.47. The van der Waals surface area contributed by atoms with Crippen molar-refractivity contribution in [2.45, 2.75) is 0 Å². The SMILES string of the molecule is N#C/C(=C/c1ccc(OC(=O)c2ccc(Cl)cc2)cc1)C(=O)Nc1ccccc1I. The van der Waals surface area contributed by atoms with Crippen LogP contribution >= 0.6 is 34.2 Å². The molecule has 30 heavy (non-hydrogen) atoms. The van der Waals surface area contributed by atoms with E-state index >= 15 is 0 Å². The van der Waals surface area contributed by atoms with Crippen molar-refractivity contribution >= 4 is 57.8 Å². The summed E-state index contributed by atoms with van der Waals surface area (Å²) in [5.41, 5.74) is 1.59. The van der Waals surface area contributed by atoms with E-state index in [1.54, 1.807) is 60.7 Å². The molecule has 0 spiro atoms. The van der Waals surface area contributed by atoms with E-state index in [2.05, 4.69) is 27.9 Å². The molecule has 0 atom stereocenters. The minimum atomic E-state index is -0.510. The lowest BCUT2D eigenvalue weighted by atomic mass is 10.1. The van der Waals surface area contributed by atoms with Gasteiger partial charge in [-0.2, -0.15) is 5.26 Å². The number of para-hydroxylation sites is 1. The number of carbonyl (C=O) groups is 2. The molecule has 0 bridgehead atoms. The number of anilines is 1. The quantitative estimate of drug-likeness (QED) is 0.151. The van der Waals surface area contributed by atoms with Gasteiger partial charge in [-0.3, -0.25) is 4.79 Å². The fraction of sp³-hybridized carbons (Fsp3) is 0. The Morgan fingerprint density at radius 3 is 2.30 bits per heavy atom. The van der Waals surface area contributed by atoms with E-state index in [4.69, 9.17) is 16.3 Å². The van der Waals surface area contributed by atoms with Crippen LogP contribution in [0.5, 0.6) is 5.75 Å². The predicted octanol–water partition coefficient (Wildman–Crippen LogP) is 5.71. The minimum Gasteiger partial charge on any atom is -0.423 e. The molecule has 0 unspecified atom stereocenters. The number of nitriles is 1. The Morgan fingerprint density at radius 2 is 1.67 bits per heavy atom. The van der Waals surface area contributed by atoms with Crippen LogP contribution in [0.1, 0.15) is 15.9 Å². The molecule has 5 nitrogen and oxygen atoms in total. The standard InChI is InChI=1S/C23H14ClIN2O3/c24-18-9-7-16(8-10-18)23(29)30-19-11-5-15(6-12-19)13-17(14-26)22(28)27-21-4-2-1-3-20(21)25/h1-13H,(H,27,28)/b17-13-. The molecule has 0 aliphatic heterocycles. The highest BCUT2D eigenvalue weighted by molar-refractivity contribution is 14.1. The van der Waals surface area contributed by atoms with Gasteiger partial charge >= 0.3 is 5.97 Å². The molecule has 0 saturated heterocycles. The Hall–Kier alpha value is -3.15. The van der Waals surface area contributed by atoms with E-state index in [9.17, 15) is 14.9 Å². The van der Waals surface area contributed by atoms with Crippen LogP contribution in [0.25, 0.3) is 6.08 Å². The average Bonchev–Trinajstić information content (AvgIpc) is 2.75. The molecule has 3 aromatic carbocycles. The third kappa shape index (κ3) is 5.69. The lowest BCUT2D eigenvalue weighted by molar-refractivity contribution is -0.112. The third-order valence-electron chi connectivity index (χ3n) is 3.97. The Bertz CT molecular complexity index is 1150. The van der Waals surface area contributed by atoms with Crippen molar-refractivity contribution in [3.05, 3.63) is 98.1 Å². The van der Waals surface area contributed by atoms with Crippen LogP contribution in [0, 0.1) is 14.9 Å². The van der Waals surface area contributed by atoms with E-state index < -0.39 is 11.9 Å². The Labute approximate surface area is 192 Å². The molecule has 148 valence electrons. The van der Waals surface area contributed by atoms with Gasteiger partial charge in [-0.25, -0.2) is 4.79 Å². The number of hydrogen-bond donors (Lipinski definition) is 1. The number of rotatable bonds is 5. The molecule has 0 aromatic heterocycles. The van der Waals surface area contributed by atoms with Gasteiger partial charge in [0.2, 0.25) is 0 Å². The Balaban J connectivity index is 1.69. The van der Waals surface area contributed by atoms with Crippen LogP contribution in [0.2, 0.25) is 5.02 Å². The van der Waals surface area contributed by atoms with Gasteiger partial charge in [-0.1, -0.05) is 35.9 Å². The lowest BCUT2D eigenvalue weighted by Crippen LogP contribution is -2.14. The van der Waals surface area contributed by atoms with E-state index in [1.165, 1.54) is 6.08 Å². The number of hydrogen-bond acceptors (Lipinski definition) is 4. The zero-order chi connectivity index (χ0) is 21.5. The van der Waals surface area contributed by atoms with Crippen LogP contribution in [0.3, 0.4) is 0 Å². The van der Waals surface area contributed by atoms with Gasteiger partial charge in [-0.05, 0) is 82.8 Å². The highest BCUT2D eigenvalue weighted by Crippen LogP contribution is 2.20. The zero-order valence-electron chi connectivity index (χ0n) is 15.4. The zero-order valence-corrected chi connectivity index (χ0v) is 18.3. The number of amides is 1. The predicted molar refractivity (Wildman–Crippen MR) is 124 cm³/mol. The van der Waals surface area contributed by atoms with Crippen LogP contribution in [0.15, 0.2) is 78.4 Å². The number of esters is 1. The first-order valence-electron chi connectivity index (χ1n) is 8.72. The maximum absolute atomic E-state index is 12.4. The summed E-state index contributed by atoms with van der Waals surface area (Å²) in [4.78, 5) is 24.6. The first-order chi connectivity index (χ1) is 14.5. The fourth-order valence-electron chi connectivity index (χ4n) is 2.45. The van der Waals surface area contributed by atoms with E-state index in [0.29, 0.717) is 27.6 Å². The molecule has 3 aromatic rings. The summed E-state index contributed by atoms with van der Waals surface area (Å²) in [5, 5.41) is 12.6. The number of nitrogens with one attached hydrogen (secondary N) is 1. The summed E-state index contributed by atoms with van der Waals surface area (Å²) in [6.45, 7) is 0. The number of benzene rings is 3. The highest BCUT2D eigenvalue weighted by Gasteiger charge is 2.12. The lowest BCUT2D eigenvalue weighted by Gasteiger charge is -2.07. The number of halogens is 2. The van der Waals surface area contributed by atoms with Crippen molar-refractivity contribution in [2.75, 3.05) is 5.32 Å². The maximum Gasteiger partial charge on any atom is 0.343 e. The molecule has 0 heterocycles. The first kappa shape index (κ1) is 21.6. The van der Waals surface area contributed by atoms with Gasteiger partial charge in [0.15, 0.2) is 0 Å². The van der Waals surface area contributed by atoms with Gasteiger partial charge in [0, 0.05) is 8.59 Å². The van der Waals surface area contributed by atoms with E-state index in [0.717, 1.165) is 3.57 Å². The fourth-order valence-corrected chi connectivity index (χ4v) is 3.10. The molecule has 0 fully saturated rings. The second kappa shape index (κ2) is 10.1. The Morgan fingerprint density at radius 1 is 1.00 bits per heavy atom. The smallest absolute Gasteiger partial charge is 0.343 e. The first-order valence-corrected chi connectivity index (χ1v) is 10.2. The molecule has 0 saturated carbocycles. The average molecular weight is 529 g/mol. The molecular weight excluding hydrogens is 515 g/mol. The second-order valence-corrected chi connectivity index (χ2v) is 7.67. The third-order valence-corrected chi connectivity index (χ3v) is 5.16. The molecular formula is C23H14ClIN2O3. The Kier molecular flexibility index (Phi) is 7.22. The molecule has 0 radical (unpaired) electrons. The van der Waals surface area contributed by atoms with Crippen molar-refractivity contribution in [3.63, 3.8) is 0 Å². The molecule has 0 aliphatic rings. The monoisotopic (exact) mass is 528 g/mol. The number of nitrogens with zero attached hydrogens (tertiary/aromatic N) is 1.